The van der Waals surface area contributed by atoms with Crippen LogP contribution >= 0.6 is 11.3 Å². The van der Waals surface area contributed by atoms with Crippen LogP contribution in [-0.4, -0.2) is 28.9 Å². The van der Waals surface area contributed by atoms with Crippen LogP contribution in [0.3, 0.4) is 0 Å². The Morgan fingerprint density at radius 3 is 2.83 bits per heavy atom. The van der Waals surface area contributed by atoms with Gasteiger partial charge in [-0.1, -0.05) is 6.92 Å². The number of nitrogens with one attached hydrogen (secondary N) is 1. The summed E-state index contributed by atoms with van der Waals surface area (Å²) < 4.78 is 0. The molecule has 1 saturated heterocycles. The maximum absolute atomic E-state index is 11.5. The van der Waals surface area contributed by atoms with E-state index in [1.54, 1.807) is 0 Å². The number of amides is 1. The summed E-state index contributed by atoms with van der Waals surface area (Å²) >= 11 is 1.44. The molecule has 1 aliphatic heterocycles. The number of carbonyl (C=O) groups excluding carboxylic acids is 1. The zero-order valence-electron chi connectivity index (χ0n) is 10.9. The molecular formula is C12H20N4OS. The van der Waals surface area contributed by atoms with Crippen molar-refractivity contribution in [2.75, 3.05) is 13.1 Å². The quantitative estimate of drug-likeness (QED) is 0.492. The zero-order chi connectivity index (χ0) is 13.1. The second-order valence-electron chi connectivity index (χ2n) is 4.95. The molecule has 1 amide bonds. The lowest BCUT2D eigenvalue weighted by Crippen LogP contribution is -2.32. The monoisotopic (exact) mass is 268 g/mol. The highest BCUT2D eigenvalue weighted by Crippen LogP contribution is 2.22. The number of nitrogens with two attached hydrogens (primary N) is 1. The van der Waals surface area contributed by atoms with Gasteiger partial charge in [-0.3, -0.25) is 15.1 Å². The Labute approximate surface area is 111 Å². The first-order valence-electron chi connectivity index (χ1n) is 6.29. The van der Waals surface area contributed by atoms with Crippen molar-refractivity contribution in [3.8, 4) is 0 Å². The number of hydrogen-bond acceptors (Lipinski definition) is 5. The van der Waals surface area contributed by atoms with Crippen molar-refractivity contribution < 1.29 is 4.79 Å². The van der Waals surface area contributed by atoms with Gasteiger partial charge in [-0.2, -0.15) is 0 Å². The van der Waals surface area contributed by atoms with Gasteiger partial charge in [-0.15, -0.1) is 11.3 Å². The fourth-order valence-corrected chi connectivity index (χ4v) is 3.22. The van der Waals surface area contributed by atoms with Crippen LogP contribution in [-0.2, 0) is 6.54 Å². The molecule has 100 valence electrons. The maximum atomic E-state index is 11.5. The first-order valence-corrected chi connectivity index (χ1v) is 7.11. The van der Waals surface area contributed by atoms with Gasteiger partial charge in [0.05, 0.1) is 12.2 Å². The van der Waals surface area contributed by atoms with Gasteiger partial charge in [-0.25, -0.2) is 10.8 Å². The van der Waals surface area contributed by atoms with Gasteiger partial charge in [0.15, 0.2) is 0 Å². The molecule has 2 rings (SSSR count). The molecule has 0 atom stereocenters. The van der Waals surface area contributed by atoms with Crippen LogP contribution in [0.25, 0.3) is 0 Å². The zero-order valence-corrected chi connectivity index (χ0v) is 11.7. The van der Waals surface area contributed by atoms with Crippen molar-refractivity contribution in [3.63, 3.8) is 0 Å². The number of thiazole rings is 1. The second-order valence-corrected chi connectivity index (χ2v) is 6.04. The Morgan fingerprint density at radius 1 is 1.56 bits per heavy atom. The SMILES string of the molecule is Cc1nc(CN2CCC(C)CC2)sc1C(=O)NN. The number of nitrogen functional groups attached to an aromatic ring is 1. The van der Waals surface area contributed by atoms with Crippen LogP contribution in [0.1, 0.15) is 40.1 Å². The standard InChI is InChI=1S/C12H20N4OS/c1-8-3-5-16(6-4-8)7-10-14-9(2)11(18-10)12(17)15-13/h8H,3-7,13H2,1-2H3,(H,15,17). The first-order chi connectivity index (χ1) is 8.60. The van der Waals surface area contributed by atoms with Crippen LogP contribution in [0.5, 0.6) is 0 Å². The summed E-state index contributed by atoms with van der Waals surface area (Å²) in [6.45, 7) is 7.24. The van der Waals surface area contributed by atoms with Crippen molar-refractivity contribution in [1.82, 2.24) is 15.3 Å². The summed E-state index contributed by atoms with van der Waals surface area (Å²) in [5.74, 6) is 5.74. The number of likely N-dealkylation sites (tertiary alicyclic amines) is 1. The lowest BCUT2D eigenvalue weighted by Gasteiger charge is -2.29. The number of carbonyl (C=O) groups is 1. The average molecular weight is 268 g/mol. The van der Waals surface area contributed by atoms with Crippen LogP contribution < -0.4 is 11.3 Å². The lowest BCUT2D eigenvalue weighted by atomic mass is 9.99. The number of rotatable bonds is 3. The third-order valence-electron chi connectivity index (χ3n) is 3.41. The van der Waals surface area contributed by atoms with Crippen molar-refractivity contribution in [1.29, 1.82) is 0 Å². The summed E-state index contributed by atoms with van der Waals surface area (Å²) in [4.78, 5) is 19.0. The number of hydrogen-bond donors (Lipinski definition) is 2. The van der Waals surface area contributed by atoms with Gasteiger partial charge in [0.25, 0.3) is 5.91 Å². The van der Waals surface area contributed by atoms with Crippen molar-refractivity contribution in [2.45, 2.75) is 33.2 Å². The van der Waals surface area contributed by atoms with Gasteiger partial charge in [0.2, 0.25) is 0 Å². The molecule has 0 saturated carbocycles. The number of hydrazine groups is 1. The fraction of sp³-hybridized carbons (Fsp3) is 0.667. The van der Waals surface area contributed by atoms with E-state index in [1.165, 1.54) is 24.2 Å². The van der Waals surface area contributed by atoms with E-state index in [0.29, 0.717) is 4.88 Å². The summed E-state index contributed by atoms with van der Waals surface area (Å²) in [5, 5.41) is 1.00. The van der Waals surface area contributed by atoms with Gasteiger partial charge in [0.1, 0.15) is 9.88 Å². The number of nitrogens with zero attached hydrogens (tertiary/aromatic N) is 2. The minimum atomic E-state index is -0.247. The Kier molecular flexibility index (Phi) is 4.31. The summed E-state index contributed by atoms with van der Waals surface area (Å²) in [7, 11) is 0. The van der Waals surface area contributed by atoms with Crippen LogP contribution in [0.4, 0.5) is 0 Å². The summed E-state index contributed by atoms with van der Waals surface area (Å²) in [6.07, 6.45) is 2.50. The number of aromatic nitrogens is 1. The van der Waals surface area contributed by atoms with Crippen molar-refractivity contribution in [3.05, 3.63) is 15.6 Å². The van der Waals surface area contributed by atoms with Crippen LogP contribution in [0, 0.1) is 12.8 Å². The molecule has 1 aromatic rings. The highest BCUT2D eigenvalue weighted by atomic mass is 32.1. The van der Waals surface area contributed by atoms with E-state index in [9.17, 15) is 4.79 Å². The third kappa shape index (κ3) is 3.07. The van der Waals surface area contributed by atoms with Crippen LogP contribution in [0.15, 0.2) is 0 Å². The predicted octanol–water partition coefficient (Wildman–Crippen LogP) is 1.29. The largest absolute Gasteiger partial charge is 0.297 e. The molecule has 0 bridgehead atoms. The minimum absolute atomic E-state index is 0.247. The van der Waals surface area contributed by atoms with E-state index in [2.05, 4.69) is 22.2 Å². The Morgan fingerprint density at radius 2 is 2.22 bits per heavy atom. The number of piperidine rings is 1. The highest BCUT2D eigenvalue weighted by molar-refractivity contribution is 7.13. The van der Waals surface area contributed by atoms with Crippen molar-refractivity contribution in [2.24, 2.45) is 11.8 Å². The second kappa shape index (κ2) is 5.77. The Bertz CT molecular complexity index is 424. The molecule has 0 aromatic carbocycles. The van der Waals surface area contributed by atoms with E-state index in [-0.39, 0.29) is 5.91 Å². The molecule has 3 N–H and O–H groups in total. The normalized spacial score (nSPS) is 17.9. The van der Waals surface area contributed by atoms with E-state index in [4.69, 9.17) is 5.84 Å². The molecule has 6 heteroatoms. The predicted molar refractivity (Wildman–Crippen MR) is 72.2 cm³/mol. The average Bonchev–Trinajstić information content (AvgIpc) is 2.72. The first kappa shape index (κ1) is 13.5. The van der Waals surface area contributed by atoms with E-state index >= 15 is 0 Å². The molecule has 5 nitrogen and oxygen atoms in total. The van der Waals surface area contributed by atoms with Gasteiger partial charge < -0.3 is 0 Å². The molecule has 1 aromatic heterocycles. The molecule has 2 heterocycles. The van der Waals surface area contributed by atoms with Crippen molar-refractivity contribution >= 4 is 17.2 Å². The third-order valence-corrected chi connectivity index (χ3v) is 4.55. The molecule has 0 spiro atoms. The maximum Gasteiger partial charge on any atom is 0.277 e. The smallest absolute Gasteiger partial charge is 0.277 e. The van der Waals surface area contributed by atoms with E-state index in [0.717, 1.165) is 36.3 Å². The van der Waals surface area contributed by atoms with Gasteiger partial charge >= 0.3 is 0 Å². The molecule has 0 radical (unpaired) electrons. The highest BCUT2D eigenvalue weighted by Gasteiger charge is 2.19. The van der Waals surface area contributed by atoms with Gasteiger partial charge in [-0.05, 0) is 38.8 Å². The molecule has 0 unspecified atom stereocenters. The Balaban J connectivity index is 2.00. The van der Waals surface area contributed by atoms with Gasteiger partial charge in [0, 0.05) is 0 Å². The Hall–Kier alpha value is -0.980. The summed E-state index contributed by atoms with van der Waals surface area (Å²) in [6, 6.07) is 0. The molecule has 18 heavy (non-hydrogen) atoms. The van der Waals surface area contributed by atoms with Crippen LogP contribution in [0.2, 0.25) is 0 Å². The minimum Gasteiger partial charge on any atom is -0.297 e. The molecular weight excluding hydrogens is 248 g/mol. The fourth-order valence-electron chi connectivity index (χ4n) is 2.21. The van der Waals surface area contributed by atoms with E-state index in [1.807, 2.05) is 6.92 Å². The molecule has 0 aliphatic carbocycles. The topological polar surface area (TPSA) is 71.2 Å². The molecule has 1 aliphatic rings. The van der Waals surface area contributed by atoms with E-state index < -0.39 is 0 Å². The molecule has 1 fully saturated rings. The summed E-state index contributed by atoms with van der Waals surface area (Å²) in [5.41, 5.74) is 2.93. The lowest BCUT2D eigenvalue weighted by molar-refractivity contribution is 0.0957. The number of aryl methyl sites for hydroxylation is 1.